The number of anilines is 1. The highest BCUT2D eigenvalue weighted by Gasteiger charge is 2.38. The lowest BCUT2D eigenvalue weighted by Gasteiger charge is -2.33. The molecule has 0 spiro atoms. The Kier molecular flexibility index (Phi) is 12.3. The number of rotatable bonds is 13. The topological polar surface area (TPSA) is 78.5 Å². The van der Waals surface area contributed by atoms with Crippen LogP contribution in [0.3, 0.4) is 0 Å². The third-order valence-corrected chi connectivity index (χ3v) is 8.42. The molecule has 1 aliphatic heterocycles. The molecular weight excluding hydrogens is 558 g/mol. The first kappa shape index (κ1) is 35.3. The van der Waals surface area contributed by atoms with Gasteiger partial charge in [0.05, 0.1) is 25.9 Å². The molecule has 240 valence electrons. The summed E-state index contributed by atoms with van der Waals surface area (Å²) in [7, 11) is 3.46. The number of benzene rings is 1. The molecule has 3 rings (SSSR count). The molecule has 1 aliphatic carbocycles. The van der Waals surface area contributed by atoms with Crippen LogP contribution >= 0.6 is 0 Å². The van der Waals surface area contributed by atoms with Gasteiger partial charge in [0.2, 0.25) is 0 Å². The van der Waals surface area contributed by atoms with E-state index in [1.807, 2.05) is 26.0 Å². The van der Waals surface area contributed by atoms with Gasteiger partial charge in [-0.25, -0.2) is 0 Å². The fraction of sp³-hybridized carbons (Fsp3) is 0.487. The van der Waals surface area contributed by atoms with E-state index in [-0.39, 0.29) is 5.41 Å². The van der Waals surface area contributed by atoms with Crippen LogP contribution in [0.4, 0.5) is 5.69 Å². The lowest BCUT2D eigenvalue weighted by atomic mass is 9.74. The van der Waals surface area contributed by atoms with Crippen LogP contribution in [0.15, 0.2) is 81.9 Å². The molecule has 6 nitrogen and oxygen atoms in total. The molecule has 1 heterocycles. The monoisotopic (exact) mass is 609 g/mol. The first-order valence-electron chi connectivity index (χ1n) is 16.2. The van der Waals surface area contributed by atoms with Gasteiger partial charge in [-0.15, -0.1) is 0 Å². The second-order valence-corrected chi connectivity index (χ2v) is 13.2. The first-order valence-corrected chi connectivity index (χ1v) is 16.2. The van der Waals surface area contributed by atoms with E-state index in [2.05, 4.69) is 81.2 Å². The summed E-state index contributed by atoms with van der Waals surface area (Å²) < 4.78 is 17.9. The number of ether oxygens (including phenoxy) is 3. The van der Waals surface area contributed by atoms with Gasteiger partial charge in [0.1, 0.15) is 28.8 Å². The van der Waals surface area contributed by atoms with Gasteiger partial charge in [-0.2, -0.15) is 10.5 Å². The lowest BCUT2D eigenvalue weighted by molar-refractivity contribution is 0.0948. The summed E-state index contributed by atoms with van der Waals surface area (Å²) in [6.07, 6.45) is 16.7. The Hall–Kier alpha value is -4.16. The van der Waals surface area contributed by atoms with Crippen LogP contribution in [-0.2, 0) is 9.47 Å². The maximum absolute atomic E-state index is 9.89. The minimum absolute atomic E-state index is 0.0288. The average molecular weight is 610 g/mol. The van der Waals surface area contributed by atoms with E-state index in [0.29, 0.717) is 16.9 Å². The van der Waals surface area contributed by atoms with Crippen LogP contribution in [0.25, 0.3) is 6.08 Å². The predicted octanol–water partition coefficient (Wildman–Crippen LogP) is 9.74. The van der Waals surface area contributed by atoms with Crippen molar-refractivity contribution in [3.05, 3.63) is 87.5 Å². The molecule has 1 aromatic rings. The highest BCUT2D eigenvalue weighted by Crippen LogP contribution is 2.44. The van der Waals surface area contributed by atoms with Crippen molar-refractivity contribution in [3.8, 4) is 17.9 Å². The van der Waals surface area contributed by atoms with Crippen molar-refractivity contribution >= 4 is 11.8 Å². The maximum Gasteiger partial charge on any atom is 0.152 e. The third-order valence-electron chi connectivity index (χ3n) is 8.42. The molecule has 0 saturated heterocycles. The van der Waals surface area contributed by atoms with Crippen molar-refractivity contribution in [1.29, 1.82) is 10.5 Å². The fourth-order valence-corrected chi connectivity index (χ4v) is 6.04. The molecule has 6 heteroatoms. The second-order valence-electron chi connectivity index (χ2n) is 13.2. The van der Waals surface area contributed by atoms with Crippen molar-refractivity contribution in [2.45, 2.75) is 92.6 Å². The van der Waals surface area contributed by atoms with Crippen LogP contribution in [0, 0.1) is 28.1 Å². The molecule has 0 unspecified atom stereocenters. The molecule has 0 amide bonds. The zero-order chi connectivity index (χ0) is 33.2. The number of hydrogen-bond donors (Lipinski definition) is 0. The highest BCUT2D eigenvalue weighted by molar-refractivity contribution is 5.66. The van der Waals surface area contributed by atoms with Crippen molar-refractivity contribution < 1.29 is 14.2 Å². The summed E-state index contributed by atoms with van der Waals surface area (Å²) in [5, 5.41) is 19.3. The number of unbranched alkanes of at least 4 members (excludes halogenated alkanes) is 2. The molecule has 0 bridgehead atoms. The normalized spacial score (nSPS) is 19.6. The number of hydrogen-bond acceptors (Lipinski definition) is 6. The van der Waals surface area contributed by atoms with Gasteiger partial charge in [-0.1, -0.05) is 70.9 Å². The standard InChI is InChI=1S/C39H51N3O3/c1-10-12-21-42(22-13-11-2)32-20-19-29(35(23-32)43-8)17-18-31-25-38(4,5)24-30(37(31)44-9)15-14-16-34-33(27-41)36(28(3)26-40)45-39(34,6)7/h14-20,23H,10-13,21-22,24-25H2,1-9H3/b16-14+,18-17+,30-15+,36-28+. The van der Waals surface area contributed by atoms with E-state index in [0.717, 1.165) is 59.7 Å². The van der Waals surface area contributed by atoms with E-state index in [9.17, 15) is 10.5 Å². The minimum Gasteiger partial charge on any atom is -0.496 e. The van der Waals surface area contributed by atoms with E-state index in [4.69, 9.17) is 14.2 Å². The molecule has 0 fully saturated rings. The Morgan fingerprint density at radius 1 is 0.978 bits per heavy atom. The van der Waals surface area contributed by atoms with Gasteiger partial charge in [0.25, 0.3) is 0 Å². The molecule has 0 saturated carbocycles. The van der Waals surface area contributed by atoms with E-state index < -0.39 is 5.60 Å². The van der Waals surface area contributed by atoms with Crippen molar-refractivity contribution in [3.63, 3.8) is 0 Å². The largest absolute Gasteiger partial charge is 0.496 e. The fourth-order valence-electron chi connectivity index (χ4n) is 6.04. The minimum atomic E-state index is -0.717. The number of methoxy groups -OCH3 is 2. The summed E-state index contributed by atoms with van der Waals surface area (Å²) >= 11 is 0. The smallest absolute Gasteiger partial charge is 0.152 e. The van der Waals surface area contributed by atoms with E-state index in [1.165, 1.54) is 31.4 Å². The Balaban J connectivity index is 1.98. The quantitative estimate of drug-likeness (QED) is 0.207. The molecule has 0 radical (unpaired) electrons. The van der Waals surface area contributed by atoms with Gasteiger partial charge >= 0.3 is 0 Å². The van der Waals surface area contributed by atoms with Gasteiger partial charge in [0.15, 0.2) is 5.76 Å². The molecular formula is C39H51N3O3. The Labute approximate surface area is 271 Å². The number of allylic oxidation sites excluding steroid dienone is 7. The Bertz CT molecular complexity index is 1490. The summed E-state index contributed by atoms with van der Waals surface area (Å²) in [5.74, 6) is 2.09. The van der Waals surface area contributed by atoms with Gasteiger partial charge < -0.3 is 19.1 Å². The second kappa shape index (κ2) is 15.7. The Morgan fingerprint density at radius 3 is 2.24 bits per heavy atom. The van der Waals surface area contributed by atoms with E-state index in [1.54, 1.807) is 21.1 Å². The summed E-state index contributed by atoms with van der Waals surface area (Å²) in [6, 6.07) is 10.9. The summed E-state index contributed by atoms with van der Waals surface area (Å²) in [6.45, 7) is 16.6. The molecule has 0 atom stereocenters. The van der Waals surface area contributed by atoms with Crippen molar-refractivity contribution in [2.24, 2.45) is 5.41 Å². The van der Waals surface area contributed by atoms with Crippen molar-refractivity contribution in [2.75, 3.05) is 32.2 Å². The molecule has 0 N–H and O–H groups in total. The number of nitrogens with zero attached hydrogens (tertiary/aromatic N) is 3. The van der Waals surface area contributed by atoms with Crippen LogP contribution in [0.1, 0.15) is 92.6 Å². The summed E-state index contributed by atoms with van der Waals surface area (Å²) in [5.41, 5.74) is 5.32. The Morgan fingerprint density at radius 2 is 1.67 bits per heavy atom. The molecule has 2 aliphatic rings. The van der Waals surface area contributed by atoms with Gasteiger partial charge in [-0.3, -0.25) is 0 Å². The van der Waals surface area contributed by atoms with Gasteiger partial charge in [-0.05, 0) is 75.1 Å². The first-order chi connectivity index (χ1) is 21.4. The zero-order valence-corrected chi connectivity index (χ0v) is 28.8. The predicted molar refractivity (Wildman–Crippen MR) is 184 cm³/mol. The lowest BCUT2D eigenvalue weighted by Crippen LogP contribution is -2.25. The SMILES string of the molecule is CCCCN(CCCC)c1ccc(/C=C/C2=C(OC)C(=C/C=C/C3=C(C#N)C(=C(/C)C#N)/OC3(C)C)/CC(C)(C)C2)c(OC)c1. The third kappa shape index (κ3) is 8.73. The average Bonchev–Trinajstić information content (AvgIpc) is 3.28. The van der Waals surface area contributed by atoms with Crippen LogP contribution in [0.2, 0.25) is 0 Å². The molecule has 1 aromatic carbocycles. The van der Waals surface area contributed by atoms with Gasteiger partial charge in [0, 0.05) is 36.0 Å². The van der Waals surface area contributed by atoms with Crippen LogP contribution in [0.5, 0.6) is 5.75 Å². The summed E-state index contributed by atoms with van der Waals surface area (Å²) in [4.78, 5) is 2.47. The highest BCUT2D eigenvalue weighted by atomic mass is 16.5. The molecule has 0 aromatic heterocycles. The van der Waals surface area contributed by atoms with Crippen molar-refractivity contribution in [1.82, 2.24) is 0 Å². The molecule has 45 heavy (non-hydrogen) atoms. The zero-order valence-electron chi connectivity index (χ0n) is 28.8. The number of nitriles is 2. The van der Waals surface area contributed by atoms with Crippen LogP contribution in [-0.4, -0.2) is 32.9 Å². The van der Waals surface area contributed by atoms with E-state index >= 15 is 0 Å². The van der Waals surface area contributed by atoms with Crippen LogP contribution < -0.4 is 9.64 Å². The maximum atomic E-state index is 9.89.